The molecule has 1 saturated heterocycles. The van der Waals surface area contributed by atoms with E-state index in [0.29, 0.717) is 24.3 Å². The minimum Gasteiger partial charge on any atom is -0.381 e. The molecule has 3 rings (SSSR count). The highest BCUT2D eigenvalue weighted by molar-refractivity contribution is 5.64. The Morgan fingerprint density at radius 3 is 2.81 bits per heavy atom. The third-order valence-electron chi connectivity index (χ3n) is 3.64. The van der Waals surface area contributed by atoms with Gasteiger partial charge in [-0.3, -0.25) is 14.8 Å². The first-order valence-electron chi connectivity index (χ1n) is 6.71. The van der Waals surface area contributed by atoms with E-state index in [4.69, 9.17) is 4.74 Å². The normalized spacial score (nSPS) is 16.0. The van der Waals surface area contributed by atoms with Gasteiger partial charge in [-0.1, -0.05) is 0 Å². The molecule has 21 heavy (non-hydrogen) atoms. The molecular weight excluding hydrogens is 277 g/mol. The van der Waals surface area contributed by atoms with Crippen molar-refractivity contribution in [2.45, 2.75) is 18.9 Å². The van der Waals surface area contributed by atoms with Crippen molar-refractivity contribution in [3.05, 3.63) is 46.5 Å². The van der Waals surface area contributed by atoms with Crippen molar-refractivity contribution in [1.29, 1.82) is 0 Å². The summed E-state index contributed by atoms with van der Waals surface area (Å²) in [6.45, 7) is 1.40. The van der Waals surface area contributed by atoms with Crippen molar-refractivity contribution < 1.29 is 14.1 Å². The highest BCUT2D eigenvalue weighted by atomic mass is 19.1. The molecule has 110 valence electrons. The number of hydrogen-bond acceptors (Lipinski definition) is 4. The number of benzene rings is 1. The number of aromatic nitrogens is 2. The monoisotopic (exact) mass is 291 g/mol. The molecule has 0 amide bonds. The lowest BCUT2D eigenvalue weighted by Gasteiger charge is -2.22. The highest BCUT2D eigenvalue weighted by Crippen LogP contribution is 2.28. The van der Waals surface area contributed by atoms with E-state index in [0.717, 1.165) is 18.9 Å². The first-order valence-corrected chi connectivity index (χ1v) is 6.71. The van der Waals surface area contributed by atoms with Gasteiger partial charge in [-0.25, -0.2) is 4.39 Å². The highest BCUT2D eigenvalue weighted by Gasteiger charge is 2.18. The van der Waals surface area contributed by atoms with Gasteiger partial charge in [0.15, 0.2) is 0 Å². The summed E-state index contributed by atoms with van der Waals surface area (Å²) in [6, 6.07) is 3.90. The topological polar surface area (TPSA) is 70.2 Å². The zero-order valence-corrected chi connectivity index (χ0v) is 11.2. The molecule has 0 bridgehead atoms. The maximum atomic E-state index is 14.0. The first-order chi connectivity index (χ1) is 10.1. The van der Waals surface area contributed by atoms with Crippen LogP contribution in [0.1, 0.15) is 18.9 Å². The van der Waals surface area contributed by atoms with Crippen LogP contribution in [0.5, 0.6) is 0 Å². The molecule has 0 unspecified atom stereocenters. The smallest absolute Gasteiger partial charge is 0.272 e. The molecule has 6 nitrogen and oxygen atoms in total. The van der Waals surface area contributed by atoms with E-state index in [1.54, 1.807) is 12.4 Å². The number of non-ortho nitro benzene ring substituents is 1. The molecule has 0 radical (unpaired) electrons. The summed E-state index contributed by atoms with van der Waals surface area (Å²) >= 11 is 0. The molecule has 0 atom stereocenters. The molecule has 0 N–H and O–H groups in total. The predicted molar refractivity (Wildman–Crippen MR) is 73.4 cm³/mol. The van der Waals surface area contributed by atoms with Crippen molar-refractivity contribution in [2.24, 2.45) is 0 Å². The zero-order valence-electron chi connectivity index (χ0n) is 11.2. The predicted octanol–water partition coefficient (Wildman–Crippen LogP) is 2.95. The third kappa shape index (κ3) is 2.78. The number of nitro groups is 1. The Morgan fingerprint density at radius 1 is 1.38 bits per heavy atom. The van der Waals surface area contributed by atoms with E-state index in [2.05, 4.69) is 5.10 Å². The van der Waals surface area contributed by atoms with Crippen LogP contribution < -0.4 is 0 Å². The molecule has 2 aromatic rings. The van der Waals surface area contributed by atoms with Gasteiger partial charge in [-0.15, -0.1) is 0 Å². The van der Waals surface area contributed by atoms with Gasteiger partial charge in [0.05, 0.1) is 23.2 Å². The summed E-state index contributed by atoms with van der Waals surface area (Å²) in [5.41, 5.74) is 0.681. The number of nitrogens with zero attached hydrogens (tertiary/aromatic N) is 3. The average Bonchev–Trinajstić information content (AvgIpc) is 2.97. The molecule has 7 heteroatoms. The molecule has 1 aromatic heterocycles. The van der Waals surface area contributed by atoms with Crippen LogP contribution in [0, 0.1) is 15.9 Å². The molecule has 0 aliphatic carbocycles. The van der Waals surface area contributed by atoms with Crippen LogP contribution in [0.3, 0.4) is 0 Å². The summed E-state index contributed by atoms with van der Waals surface area (Å²) < 4.78 is 21.1. The molecular formula is C14H14FN3O3. The van der Waals surface area contributed by atoms with E-state index in [-0.39, 0.29) is 11.7 Å². The fraction of sp³-hybridized carbons (Fsp3) is 0.357. The standard InChI is InChI=1S/C14H14FN3O3/c15-14-7-12(18(19)20)1-2-13(14)10-8-16-17(9-10)11-3-5-21-6-4-11/h1-2,7-9,11H,3-6H2. The Hall–Kier alpha value is -2.28. The van der Waals surface area contributed by atoms with Gasteiger partial charge < -0.3 is 4.74 Å². The van der Waals surface area contributed by atoms with Crippen LogP contribution >= 0.6 is 0 Å². The van der Waals surface area contributed by atoms with Crippen molar-refractivity contribution in [2.75, 3.05) is 13.2 Å². The Balaban J connectivity index is 1.87. The second kappa shape index (κ2) is 5.61. The Bertz CT molecular complexity index is 665. The zero-order chi connectivity index (χ0) is 14.8. The van der Waals surface area contributed by atoms with Gasteiger partial charge >= 0.3 is 0 Å². The SMILES string of the molecule is O=[N+]([O-])c1ccc(-c2cnn(C3CCOCC3)c2)c(F)c1. The van der Waals surface area contributed by atoms with Crippen molar-refractivity contribution >= 4 is 5.69 Å². The van der Waals surface area contributed by atoms with E-state index in [1.165, 1.54) is 12.1 Å². The number of nitro benzene ring substituents is 1. The minimum absolute atomic E-state index is 0.256. The summed E-state index contributed by atoms with van der Waals surface area (Å²) in [6.07, 6.45) is 5.12. The second-order valence-electron chi connectivity index (χ2n) is 4.97. The van der Waals surface area contributed by atoms with Crippen LogP contribution in [-0.4, -0.2) is 27.9 Å². The Morgan fingerprint density at radius 2 is 2.14 bits per heavy atom. The summed E-state index contributed by atoms with van der Waals surface area (Å²) in [5.74, 6) is -0.615. The van der Waals surface area contributed by atoms with E-state index in [9.17, 15) is 14.5 Å². The lowest BCUT2D eigenvalue weighted by molar-refractivity contribution is -0.385. The summed E-state index contributed by atoms with van der Waals surface area (Å²) in [7, 11) is 0. The fourth-order valence-corrected chi connectivity index (χ4v) is 2.48. The van der Waals surface area contributed by atoms with Gasteiger partial charge in [0.25, 0.3) is 5.69 Å². The van der Waals surface area contributed by atoms with E-state index >= 15 is 0 Å². The quantitative estimate of drug-likeness (QED) is 0.644. The van der Waals surface area contributed by atoms with Crippen molar-refractivity contribution in [1.82, 2.24) is 9.78 Å². The van der Waals surface area contributed by atoms with Crippen LogP contribution in [0.2, 0.25) is 0 Å². The molecule has 0 saturated carbocycles. The van der Waals surface area contributed by atoms with E-state index in [1.807, 2.05) is 4.68 Å². The van der Waals surface area contributed by atoms with Crippen LogP contribution in [-0.2, 0) is 4.74 Å². The second-order valence-corrected chi connectivity index (χ2v) is 4.97. The number of rotatable bonds is 3. The van der Waals surface area contributed by atoms with Crippen LogP contribution in [0.15, 0.2) is 30.6 Å². The number of halogens is 1. The third-order valence-corrected chi connectivity index (χ3v) is 3.64. The summed E-state index contributed by atoms with van der Waals surface area (Å²) in [5, 5.41) is 14.9. The van der Waals surface area contributed by atoms with E-state index < -0.39 is 10.7 Å². The minimum atomic E-state index is -0.615. The summed E-state index contributed by atoms with van der Waals surface area (Å²) in [4.78, 5) is 10.0. The number of ether oxygens (including phenoxy) is 1. The van der Waals surface area contributed by atoms with Crippen molar-refractivity contribution in [3.63, 3.8) is 0 Å². The average molecular weight is 291 g/mol. The lowest BCUT2D eigenvalue weighted by atomic mass is 10.1. The Kier molecular flexibility index (Phi) is 3.66. The molecule has 0 spiro atoms. The maximum Gasteiger partial charge on any atom is 0.272 e. The van der Waals surface area contributed by atoms with Gasteiger partial charge in [0.1, 0.15) is 5.82 Å². The molecule has 1 aromatic carbocycles. The van der Waals surface area contributed by atoms with Gasteiger partial charge in [-0.05, 0) is 18.9 Å². The molecule has 1 aliphatic rings. The maximum absolute atomic E-state index is 14.0. The van der Waals surface area contributed by atoms with Crippen LogP contribution in [0.25, 0.3) is 11.1 Å². The molecule has 2 heterocycles. The fourth-order valence-electron chi connectivity index (χ4n) is 2.48. The molecule has 1 fully saturated rings. The van der Waals surface area contributed by atoms with Gasteiger partial charge in [0, 0.05) is 36.6 Å². The first kappa shape index (κ1) is 13.7. The largest absolute Gasteiger partial charge is 0.381 e. The molecule has 1 aliphatic heterocycles. The van der Waals surface area contributed by atoms with Crippen LogP contribution in [0.4, 0.5) is 10.1 Å². The lowest BCUT2D eigenvalue weighted by Crippen LogP contribution is -2.19. The van der Waals surface area contributed by atoms with Gasteiger partial charge in [0.2, 0.25) is 0 Å². The van der Waals surface area contributed by atoms with Crippen molar-refractivity contribution in [3.8, 4) is 11.1 Å². The number of hydrogen-bond donors (Lipinski definition) is 0. The Labute approximate surface area is 120 Å². The van der Waals surface area contributed by atoms with Gasteiger partial charge in [-0.2, -0.15) is 5.10 Å².